The first-order valence-corrected chi connectivity index (χ1v) is 4.86. The van der Waals surface area contributed by atoms with Gasteiger partial charge in [-0.1, -0.05) is 0 Å². The van der Waals surface area contributed by atoms with Crippen LogP contribution in [0.1, 0.15) is 23.2 Å². The maximum absolute atomic E-state index is 12.6. The molecule has 98 valence electrons. The zero-order chi connectivity index (χ0) is 13.9. The molecule has 6 nitrogen and oxygen atoms in total. The van der Waals surface area contributed by atoms with Gasteiger partial charge in [0.05, 0.1) is 24.1 Å². The number of carbonyl (C=O) groups is 1. The molecule has 0 fully saturated rings. The average molecular weight is 260 g/mol. The summed E-state index contributed by atoms with van der Waals surface area (Å²) < 4.78 is 29.6. The zero-order valence-electron chi connectivity index (χ0n) is 9.65. The molecule has 0 N–H and O–H groups in total. The van der Waals surface area contributed by atoms with Gasteiger partial charge in [-0.3, -0.25) is 19.9 Å². The van der Waals surface area contributed by atoms with Gasteiger partial charge in [-0.15, -0.1) is 0 Å². The monoisotopic (exact) mass is 260 g/mol. The van der Waals surface area contributed by atoms with Gasteiger partial charge in [0.1, 0.15) is 5.56 Å². The Balaban J connectivity index is 3.30. The molecule has 0 aliphatic rings. The molecule has 1 heterocycles. The van der Waals surface area contributed by atoms with Crippen LogP contribution in [0, 0.1) is 17.0 Å². The third-order valence-corrected chi connectivity index (χ3v) is 2.38. The highest BCUT2D eigenvalue weighted by molar-refractivity contribution is 5.73. The van der Waals surface area contributed by atoms with Gasteiger partial charge >= 0.3 is 5.97 Å². The van der Waals surface area contributed by atoms with Crippen molar-refractivity contribution in [3.63, 3.8) is 0 Å². The molecule has 1 aromatic rings. The topological polar surface area (TPSA) is 82.3 Å². The minimum Gasteiger partial charge on any atom is -0.469 e. The number of rotatable bonds is 4. The zero-order valence-corrected chi connectivity index (χ0v) is 9.65. The van der Waals surface area contributed by atoms with E-state index in [1.165, 1.54) is 6.92 Å². The number of alkyl halides is 2. The van der Waals surface area contributed by atoms with Crippen molar-refractivity contribution in [1.82, 2.24) is 4.98 Å². The van der Waals surface area contributed by atoms with Gasteiger partial charge in [0.15, 0.2) is 0 Å². The minimum atomic E-state index is -3.00. The first kappa shape index (κ1) is 13.9. The van der Waals surface area contributed by atoms with Crippen LogP contribution in [0.4, 0.5) is 14.5 Å². The first-order valence-electron chi connectivity index (χ1n) is 4.86. The van der Waals surface area contributed by atoms with Gasteiger partial charge in [-0.2, -0.15) is 0 Å². The molecular formula is C10H10F2N2O4. The third-order valence-electron chi connectivity index (χ3n) is 2.38. The van der Waals surface area contributed by atoms with Crippen LogP contribution in [0.25, 0.3) is 0 Å². The fourth-order valence-electron chi connectivity index (χ4n) is 1.45. The number of halogens is 2. The van der Waals surface area contributed by atoms with Crippen molar-refractivity contribution < 1.29 is 23.2 Å². The van der Waals surface area contributed by atoms with E-state index in [1.807, 2.05) is 0 Å². The molecule has 18 heavy (non-hydrogen) atoms. The second-order valence-electron chi connectivity index (χ2n) is 3.44. The quantitative estimate of drug-likeness (QED) is 0.469. The summed E-state index contributed by atoms with van der Waals surface area (Å²) in [5.41, 5.74) is -1.47. The molecule has 8 heteroatoms. The first-order chi connectivity index (χ1) is 8.38. The van der Waals surface area contributed by atoms with Crippen LogP contribution in [-0.2, 0) is 16.0 Å². The fraction of sp³-hybridized carbons (Fsp3) is 0.400. The SMILES string of the molecule is COC(=O)Cc1ncc(C(F)F)c([N+](=O)[O-])c1C. The van der Waals surface area contributed by atoms with Gasteiger partial charge in [0, 0.05) is 11.8 Å². The number of pyridine rings is 1. The van der Waals surface area contributed by atoms with E-state index in [0.29, 0.717) is 6.20 Å². The van der Waals surface area contributed by atoms with E-state index in [9.17, 15) is 23.7 Å². The Labute approximate surface area is 101 Å². The van der Waals surface area contributed by atoms with Crippen molar-refractivity contribution in [3.8, 4) is 0 Å². The van der Waals surface area contributed by atoms with Crippen LogP contribution in [-0.4, -0.2) is 23.0 Å². The van der Waals surface area contributed by atoms with Crippen molar-refractivity contribution in [2.24, 2.45) is 0 Å². The Morgan fingerprint density at radius 1 is 1.61 bits per heavy atom. The lowest BCUT2D eigenvalue weighted by molar-refractivity contribution is -0.387. The Hall–Kier alpha value is -2.12. The number of carbonyl (C=O) groups excluding carboxylic acids is 1. The van der Waals surface area contributed by atoms with Crippen molar-refractivity contribution in [1.29, 1.82) is 0 Å². The smallest absolute Gasteiger partial charge is 0.311 e. The van der Waals surface area contributed by atoms with Crippen molar-refractivity contribution in [3.05, 3.63) is 33.1 Å². The highest BCUT2D eigenvalue weighted by Gasteiger charge is 2.27. The van der Waals surface area contributed by atoms with Crippen molar-refractivity contribution in [2.75, 3.05) is 7.11 Å². The van der Waals surface area contributed by atoms with E-state index in [-0.39, 0.29) is 17.7 Å². The molecule has 1 rings (SSSR count). The maximum atomic E-state index is 12.6. The van der Waals surface area contributed by atoms with Gasteiger partial charge in [-0.25, -0.2) is 8.78 Å². The maximum Gasteiger partial charge on any atom is 0.311 e. The number of aromatic nitrogens is 1. The summed E-state index contributed by atoms with van der Waals surface area (Å²) in [6.45, 7) is 1.27. The molecular weight excluding hydrogens is 250 g/mol. The number of nitro groups is 1. The molecule has 0 saturated heterocycles. The van der Waals surface area contributed by atoms with Crippen LogP contribution in [0.3, 0.4) is 0 Å². The van der Waals surface area contributed by atoms with E-state index in [0.717, 1.165) is 7.11 Å². The molecule has 0 radical (unpaired) electrons. The van der Waals surface area contributed by atoms with Crippen molar-refractivity contribution >= 4 is 11.7 Å². The van der Waals surface area contributed by atoms with Crippen LogP contribution < -0.4 is 0 Å². The van der Waals surface area contributed by atoms with Gasteiger partial charge in [-0.05, 0) is 6.92 Å². The highest BCUT2D eigenvalue weighted by Crippen LogP contribution is 2.32. The molecule has 0 aliphatic carbocycles. The molecule has 0 amide bonds. The number of ether oxygens (including phenoxy) is 1. The minimum absolute atomic E-state index is 0.0526. The number of hydrogen-bond acceptors (Lipinski definition) is 5. The van der Waals surface area contributed by atoms with E-state index in [4.69, 9.17) is 0 Å². The Morgan fingerprint density at radius 3 is 2.67 bits per heavy atom. The van der Waals surface area contributed by atoms with E-state index in [1.54, 1.807) is 0 Å². The summed E-state index contributed by atoms with van der Waals surface area (Å²) in [6.07, 6.45) is -2.58. The second-order valence-corrected chi connectivity index (χ2v) is 3.44. The normalized spacial score (nSPS) is 10.5. The van der Waals surface area contributed by atoms with Gasteiger partial charge in [0.2, 0.25) is 0 Å². The average Bonchev–Trinajstić information content (AvgIpc) is 2.30. The summed E-state index contributed by atoms with van der Waals surface area (Å²) >= 11 is 0. The number of esters is 1. The molecule has 0 spiro atoms. The lowest BCUT2D eigenvalue weighted by atomic mass is 10.1. The third kappa shape index (κ3) is 2.76. The standard InChI is InChI=1S/C10H10F2N2O4/c1-5-7(3-8(15)18-2)13-4-6(10(11)12)9(5)14(16)17/h4,10H,3H2,1-2H3. The van der Waals surface area contributed by atoms with Gasteiger partial charge in [0.25, 0.3) is 12.1 Å². The Kier molecular flexibility index (Phi) is 4.24. The predicted molar refractivity (Wildman–Crippen MR) is 56.3 cm³/mol. The number of hydrogen-bond donors (Lipinski definition) is 0. The van der Waals surface area contributed by atoms with Crippen LogP contribution in [0.15, 0.2) is 6.20 Å². The summed E-state index contributed by atoms with van der Waals surface area (Å²) in [4.78, 5) is 24.6. The second kappa shape index (κ2) is 5.48. The molecule has 0 unspecified atom stereocenters. The van der Waals surface area contributed by atoms with E-state index >= 15 is 0 Å². The predicted octanol–water partition coefficient (Wildman–Crippen LogP) is 1.95. The largest absolute Gasteiger partial charge is 0.469 e. The number of nitrogens with zero attached hydrogens (tertiary/aromatic N) is 2. The molecule has 1 aromatic heterocycles. The molecule has 0 saturated carbocycles. The summed E-state index contributed by atoms with van der Waals surface area (Å²) in [5.74, 6) is -0.648. The Morgan fingerprint density at radius 2 is 2.22 bits per heavy atom. The van der Waals surface area contributed by atoms with Gasteiger partial charge < -0.3 is 4.74 Å². The molecule has 0 atom stereocenters. The highest BCUT2D eigenvalue weighted by atomic mass is 19.3. The van der Waals surface area contributed by atoms with Crippen molar-refractivity contribution in [2.45, 2.75) is 19.8 Å². The lowest BCUT2D eigenvalue weighted by Gasteiger charge is -2.08. The summed E-state index contributed by atoms with van der Waals surface area (Å²) in [7, 11) is 1.15. The summed E-state index contributed by atoms with van der Waals surface area (Å²) in [6, 6.07) is 0. The lowest BCUT2D eigenvalue weighted by Crippen LogP contribution is -2.10. The fourth-order valence-corrected chi connectivity index (χ4v) is 1.45. The Bertz CT molecular complexity index is 491. The van der Waals surface area contributed by atoms with E-state index in [2.05, 4.69) is 9.72 Å². The molecule has 0 bridgehead atoms. The van der Waals surface area contributed by atoms with Crippen LogP contribution >= 0.6 is 0 Å². The van der Waals surface area contributed by atoms with Crippen LogP contribution in [0.2, 0.25) is 0 Å². The summed E-state index contributed by atoms with van der Waals surface area (Å²) in [5, 5.41) is 10.8. The van der Waals surface area contributed by atoms with Crippen LogP contribution in [0.5, 0.6) is 0 Å². The van der Waals surface area contributed by atoms with E-state index < -0.39 is 28.6 Å². The molecule has 0 aromatic carbocycles. The molecule has 0 aliphatic heterocycles. The number of methoxy groups -OCH3 is 1.